The van der Waals surface area contributed by atoms with E-state index >= 15 is 0 Å². The van der Waals surface area contributed by atoms with Crippen molar-refractivity contribution in [2.75, 3.05) is 13.1 Å². The van der Waals surface area contributed by atoms with E-state index in [4.69, 9.17) is 0 Å². The quantitative estimate of drug-likeness (QED) is 0.904. The Morgan fingerprint density at radius 3 is 2.78 bits per heavy atom. The first kappa shape index (κ1) is 12.5. The summed E-state index contributed by atoms with van der Waals surface area (Å²) in [5, 5.41) is 2.62. The molecule has 2 rings (SSSR count). The van der Waals surface area contributed by atoms with E-state index < -0.39 is 6.36 Å². The van der Waals surface area contributed by atoms with E-state index in [1.807, 2.05) is 0 Å². The largest absolute Gasteiger partial charge is 0.573 e. The Kier molecular flexibility index (Phi) is 3.31. The summed E-state index contributed by atoms with van der Waals surface area (Å²) in [5.74, 6) is -0.278. The maximum absolute atomic E-state index is 12.0. The molecule has 1 saturated heterocycles. The number of halogens is 3. The van der Waals surface area contributed by atoms with Crippen LogP contribution in [0.15, 0.2) is 24.3 Å². The van der Waals surface area contributed by atoms with Crippen molar-refractivity contribution in [1.82, 2.24) is 10.2 Å². The Bertz CT molecular complexity index is 448. The fraction of sp³-hybridized carbons (Fsp3) is 0.364. The number of hydrogen-bond donors (Lipinski definition) is 1. The van der Waals surface area contributed by atoms with Gasteiger partial charge in [-0.15, -0.1) is 13.2 Å². The molecule has 1 aliphatic rings. The van der Waals surface area contributed by atoms with E-state index in [0.29, 0.717) is 18.7 Å². The molecule has 98 valence electrons. The number of benzene rings is 1. The second-order valence-corrected chi connectivity index (χ2v) is 3.85. The molecule has 7 heteroatoms. The lowest BCUT2D eigenvalue weighted by molar-refractivity contribution is -0.274. The maximum atomic E-state index is 12.0. The monoisotopic (exact) mass is 260 g/mol. The first-order chi connectivity index (χ1) is 8.44. The van der Waals surface area contributed by atoms with Gasteiger partial charge in [0.15, 0.2) is 0 Å². The van der Waals surface area contributed by atoms with Crippen LogP contribution in [0, 0.1) is 0 Å². The van der Waals surface area contributed by atoms with Gasteiger partial charge in [0.2, 0.25) is 0 Å². The molecule has 0 atom stereocenters. The average Bonchev–Trinajstić information content (AvgIpc) is 2.62. The number of hydrogen-bond acceptors (Lipinski definition) is 2. The Balaban J connectivity index is 2.05. The van der Waals surface area contributed by atoms with Crippen molar-refractivity contribution in [3.8, 4) is 5.75 Å². The molecule has 2 amide bonds. The second kappa shape index (κ2) is 4.75. The highest BCUT2D eigenvalue weighted by Crippen LogP contribution is 2.23. The Labute approximate surface area is 101 Å². The molecule has 1 heterocycles. The number of ether oxygens (including phenoxy) is 1. The Morgan fingerprint density at radius 1 is 1.39 bits per heavy atom. The Hall–Kier alpha value is -1.92. The molecule has 1 aliphatic heterocycles. The summed E-state index contributed by atoms with van der Waals surface area (Å²) >= 11 is 0. The molecule has 1 aromatic carbocycles. The zero-order valence-corrected chi connectivity index (χ0v) is 9.33. The topological polar surface area (TPSA) is 41.6 Å². The van der Waals surface area contributed by atoms with Gasteiger partial charge in [0.25, 0.3) is 0 Å². The predicted molar refractivity (Wildman–Crippen MR) is 56.9 cm³/mol. The average molecular weight is 260 g/mol. The first-order valence-corrected chi connectivity index (χ1v) is 5.31. The van der Waals surface area contributed by atoms with Crippen LogP contribution in [0.4, 0.5) is 18.0 Å². The summed E-state index contributed by atoms with van der Waals surface area (Å²) in [4.78, 5) is 12.8. The van der Waals surface area contributed by atoms with Gasteiger partial charge in [-0.1, -0.05) is 12.1 Å². The van der Waals surface area contributed by atoms with Crippen LogP contribution in [0.2, 0.25) is 0 Å². The smallest absolute Gasteiger partial charge is 0.406 e. The number of nitrogens with zero attached hydrogens (tertiary/aromatic N) is 1. The van der Waals surface area contributed by atoms with Crippen molar-refractivity contribution >= 4 is 6.03 Å². The molecule has 0 radical (unpaired) electrons. The molecule has 18 heavy (non-hydrogen) atoms. The van der Waals surface area contributed by atoms with Crippen LogP contribution in [-0.4, -0.2) is 30.4 Å². The van der Waals surface area contributed by atoms with Gasteiger partial charge in [-0.25, -0.2) is 4.79 Å². The van der Waals surface area contributed by atoms with E-state index in [-0.39, 0.29) is 18.3 Å². The second-order valence-electron chi connectivity index (χ2n) is 3.85. The fourth-order valence-corrected chi connectivity index (χ4v) is 1.72. The standard InChI is InChI=1S/C11H11F3N2O2/c12-11(13,14)18-9-3-1-2-8(6-9)7-16-5-4-15-10(16)17/h1-3,6H,4-5,7H2,(H,15,17). The first-order valence-electron chi connectivity index (χ1n) is 5.31. The van der Waals surface area contributed by atoms with Crippen LogP contribution in [0.3, 0.4) is 0 Å². The van der Waals surface area contributed by atoms with Gasteiger partial charge in [-0.2, -0.15) is 0 Å². The van der Waals surface area contributed by atoms with E-state index in [1.165, 1.54) is 23.1 Å². The molecule has 0 bridgehead atoms. The molecule has 1 aromatic rings. The lowest BCUT2D eigenvalue weighted by Crippen LogP contribution is -2.27. The lowest BCUT2D eigenvalue weighted by atomic mass is 10.2. The number of rotatable bonds is 3. The molecular formula is C11H11F3N2O2. The number of nitrogens with one attached hydrogen (secondary N) is 1. The highest BCUT2D eigenvalue weighted by atomic mass is 19.4. The normalized spacial score (nSPS) is 15.7. The van der Waals surface area contributed by atoms with Crippen LogP contribution in [-0.2, 0) is 6.54 Å². The van der Waals surface area contributed by atoms with Gasteiger partial charge in [0.05, 0.1) is 0 Å². The van der Waals surface area contributed by atoms with Gasteiger partial charge < -0.3 is 15.0 Å². The van der Waals surface area contributed by atoms with E-state index in [9.17, 15) is 18.0 Å². The van der Waals surface area contributed by atoms with Gasteiger partial charge in [0.1, 0.15) is 5.75 Å². The van der Waals surface area contributed by atoms with Crippen LogP contribution in [0.5, 0.6) is 5.75 Å². The van der Waals surface area contributed by atoms with Crippen molar-refractivity contribution in [1.29, 1.82) is 0 Å². The van der Waals surface area contributed by atoms with Crippen molar-refractivity contribution in [2.45, 2.75) is 12.9 Å². The lowest BCUT2D eigenvalue weighted by Gasteiger charge is -2.15. The molecule has 4 nitrogen and oxygen atoms in total. The van der Waals surface area contributed by atoms with Crippen molar-refractivity contribution in [3.63, 3.8) is 0 Å². The van der Waals surface area contributed by atoms with Crippen molar-refractivity contribution < 1.29 is 22.7 Å². The Morgan fingerprint density at radius 2 is 2.17 bits per heavy atom. The minimum absolute atomic E-state index is 0.211. The third-order valence-electron chi connectivity index (χ3n) is 2.45. The summed E-state index contributed by atoms with van der Waals surface area (Å²) in [5.41, 5.74) is 0.591. The summed E-state index contributed by atoms with van der Waals surface area (Å²) in [7, 11) is 0. The summed E-state index contributed by atoms with van der Waals surface area (Å²) < 4.78 is 39.9. The SMILES string of the molecule is O=C1NCCN1Cc1cccc(OC(F)(F)F)c1. The summed E-state index contributed by atoms with van der Waals surface area (Å²) in [6.45, 7) is 1.36. The van der Waals surface area contributed by atoms with Gasteiger partial charge in [-0.05, 0) is 17.7 Å². The van der Waals surface area contributed by atoms with Crippen LogP contribution >= 0.6 is 0 Å². The van der Waals surface area contributed by atoms with Crippen LogP contribution < -0.4 is 10.1 Å². The molecular weight excluding hydrogens is 249 g/mol. The molecule has 1 fully saturated rings. The predicted octanol–water partition coefficient (Wildman–Crippen LogP) is 2.11. The van der Waals surface area contributed by atoms with E-state index in [1.54, 1.807) is 6.07 Å². The van der Waals surface area contributed by atoms with Gasteiger partial charge >= 0.3 is 12.4 Å². The highest BCUT2D eigenvalue weighted by molar-refractivity contribution is 5.76. The highest BCUT2D eigenvalue weighted by Gasteiger charge is 2.31. The number of amides is 2. The maximum Gasteiger partial charge on any atom is 0.573 e. The number of carbonyl (C=O) groups excluding carboxylic acids is 1. The number of urea groups is 1. The molecule has 1 N–H and O–H groups in total. The fourth-order valence-electron chi connectivity index (χ4n) is 1.72. The zero-order chi connectivity index (χ0) is 13.2. The minimum Gasteiger partial charge on any atom is -0.406 e. The molecule has 0 unspecified atom stereocenters. The molecule has 0 aliphatic carbocycles. The van der Waals surface area contributed by atoms with E-state index in [0.717, 1.165) is 0 Å². The summed E-state index contributed by atoms with van der Waals surface area (Å²) in [6, 6.07) is 5.40. The summed E-state index contributed by atoms with van der Waals surface area (Å²) in [6.07, 6.45) is -4.70. The molecule has 0 aromatic heterocycles. The van der Waals surface area contributed by atoms with Crippen molar-refractivity contribution in [2.24, 2.45) is 0 Å². The number of alkyl halides is 3. The van der Waals surface area contributed by atoms with E-state index in [2.05, 4.69) is 10.1 Å². The number of carbonyl (C=O) groups is 1. The molecule has 0 spiro atoms. The third kappa shape index (κ3) is 3.28. The zero-order valence-electron chi connectivity index (χ0n) is 9.33. The van der Waals surface area contributed by atoms with Crippen molar-refractivity contribution in [3.05, 3.63) is 29.8 Å². The minimum atomic E-state index is -4.70. The molecule has 0 saturated carbocycles. The van der Waals surface area contributed by atoms with Gasteiger partial charge in [0, 0.05) is 19.6 Å². The third-order valence-corrected chi connectivity index (χ3v) is 2.45. The van der Waals surface area contributed by atoms with Crippen LogP contribution in [0.25, 0.3) is 0 Å². The van der Waals surface area contributed by atoms with Crippen LogP contribution in [0.1, 0.15) is 5.56 Å². The van der Waals surface area contributed by atoms with Gasteiger partial charge in [-0.3, -0.25) is 0 Å².